The highest BCUT2D eigenvalue weighted by Gasteiger charge is 2.41. The minimum absolute atomic E-state index is 0.170. The molecule has 3 rings (SSSR count). The zero-order valence-corrected chi connectivity index (χ0v) is 15.9. The first-order chi connectivity index (χ1) is 12.1. The number of hydrogen-bond donors (Lipinski definition) is 1. The van der Waals surface area contributed by atoms with E-state index in [9.17, 15) is 9.59 Å². The highest BCUT2D eigenvalue weighted by molar-refractivity contribution is 8.04. The summed E-state index contributed by atoms with van der Waals surface area (Å²) in [6, 6.07) is 0. The predicted octanol–water partition coefficient (Wildman–Crippen LogP) is 1.50. The Morgan fingerprint density at radius 1 is 1.40 bits per heavy atom. The van der Waals surface area contributed by atoms with Gasteiger partial charge in [-0.25, -0.2) is 9.48 Å². The fraction of sp³-hybridized carbons (Fsp3) is 0.667. The third-order valence-electron chi connectivity index (χ3n) is 4.25. The molecule has 1 aromatic rings. The Balaban J connectivity index is 1.68. The molecule has 0 saturated heterocycles. The molecule has 2 atom stereocenters. The van der Waals surface area contributed by atoms with Crippen LogP contribution in [-0.2, 0) is 21.4 Å². The predicted molar refractivity (Wildman–Crippen MR) is 94.7 cm³/mol. The fourth-order valence-electron chi connectivity index (χ4n) is 3.14. The molecule has 2 unspecified atom stereocenters. The van der Waals surface area contributed by atoms with Gasteiger partial charge in [-0.3, -0.25) is 4.79 Å². The monoisotopic (exact) mass is 383 g/mol. The Hall–Kier alpha value is -1.55. The molecule has 0 spiro atoms. The Morgan fingerprint density at radius 2 is 2.20 bits per heavy atom. The van der Waals surface area contributed by atoms with Crippen molar-refractivity contribution in [3.05, 3.63) is 10.6 Å². The van der Waals surface area contributed by atoms with Gasteiger partial charge in [-0.15, -0.1) is 16.9 Å². The summed E-state index contributed by atoms with van der Waals surface area (Å²) < 4.78 is 6.74. The second-order valence-corrected chi connectivity index (χ2v) is 8.12. The highest BCUT2D eigenvalue weighted by atomic mass is 32.2. The van der Waals surface area contributed by atoms with Crippen LogP contribution in [0.2, 0.25) is 0 Å². The van der Waals surface area contributed by atoms with Gasteiger partial charge in [0.05, 0.1) is 23.0 Å². The molecular formula is C15H21N5O3S2. The minimum Gasteiger partial charge on any atom is -0.463 e. The summed E-state index contributed by atoms with van der Waals surface area (Å²) in [7, 11) is 1.72. The molecule has 0 aromatic carbocycles. The normalized spacial score (nSPS) is 22.6. The standard InChI is InChI=1S/C15H21N5O3S2/c1-3-23-14(22)12-9-6-4-5-7-10(9)25-13(12)16-11(21)8-24-15-17-18-19-20(15)2/h9-10H,3-8H2,1-2H3,(H,16,21). The van der Waals surface area contributed by atoms with Crippen molar-refractivity contribution in [2.75, 3.05) is 12.4 Å². The Kier molecular flexibility index (Phi) is 6.00. The van der Waals surface area contributed by atoms with Gasteiger partial charge < -0.3 is 10.1 Å². The largest absolute Gasteiger partial charge is 0.463 e. The fourth-order valence-corrected chi connectivity index (χ4v) is 5.35. The maximum absolute atomic E-state index is 12.4. The number of ether oxygens (including phenoxy) is 1. The summed E-state index contributed by atoms with van der Waals surface area (Å²) in [5, 5.41) is 15.6. The van der Waals surface area contributed by atoms with Crippen LogP contribution in [0.1, 0.15) is 32.6 Å². The van der Waals surface area contributed by atoms with E-state index in [4.69, 9.17) is 4.74 Å². The number of tetrazole rings is 1. The number of aromatic nitrogens is 4. The zero-order valence-electron chi connectivity index (χ0n) is 14.2. The minimum atomic E-state index is -0.301. The smallest absolute Gasteiger partial charge is 0.336 e. The van der Waals surface area contributed by atoms with Crippen molar-refractivity contribution in [2.45, 2.75) is 43.0 Å². The number of aryl methyl sites for hydroxylation is 1. The number of amides is 1. The molecule has 8 nitrogen and oxygen atoms in total. The maximum Gasteiger partial charge on any atom is 0.336 e. The van der Waals surface area contributed by atoms with Crippen molar-refractivity contribution < 1.29 is 14.3 Å². The van der Waals surface area contributed by atoms with Crippen LogP contribution in [0.25, 0.3) is 0 Å². The van der Waals surface area contributed by atoms with E-state index in [0.29, 0.717) is 27.6 Å². The van der Waals surface area contributed by atoms with Crippen molar-refractivity contribution >= 4 is 35.4 Å². The van der Waals surface area contributed by atoms with Gasteiger partial charge in [0.25, 0.3) is 0 Å². The molecule has 1 saturated carbocycles. The molecule has 2 aliphatic rings. The van der Waals surface area contributed by atoms with E-state index < -0.39 is 0 Å². The number of nitrogens with zero attached hydrogens (tertiary/aromatic N) is 4. The molecule has 0 radical (unpaired) electrons. The van der Waals surface area contributed by atoms with Crippen LogP contribution in [0.15, 0.2) is 15.8 Å². The van der Waals surface area contributed by atoms with Crippen LogP contribution in [0.4, 0.5) is 0 Å². The molecular weight excluding hydrogens is 362 g/mol. The summed E-state index contributed by atoms with van der Waals surface area (Å²) in [4.78, 5) is 24.7. The Bertz CT molecular complexity index is 690. The number of rotatable bonds is 6. The highest BCUT2D eigenvalue weighted by Crippen LogP contribution is 2.48. The number of carbonyl (C=O) groups excluding carboxylic acids is 2. The third-order valence-corrected chi connectivity index (χ3v) is 6.68. The quantitative estimate of drug-likeness (QED) is 0.583. The average molecular weight is 383 g/mol. The van der Waals surface area contributed by atoms with E-state index in [-0.39, 0.29) is 23.5 Å². The molecule has 0 bridgehead atoms. The zero-order chi connectivity index (χ0) is 17.8. The molecule has 2 heterocycles. The van der Waals surface area contributed by atoms with Crippen molar-refractivity contribution in [1.82, 2.24) is 25.5 Å². The van der Waals surface area contributed by atoms with Crippen molar-refractivity contribution in [3.8, 4) is 0 Å². The average Bonchev–Trinajstić information content (AvgIpc) is 3.16. The Labute approximate surface area is 154 Å². The number of hydrogen-bond acceptors (Lipinski definition) is 8. The van der Waals surface area contributed by atoms with Crippen molar-refractivity contribution in [3.63, 3.8) is 0 Å². The third kappa shape index (κ3) is 4.17. The summed E-state index contributed by atoms with van der Waals surface area (Å²) in [6.07, 6.45) is 4.32. The lowest BCUT2D eigenvalue weighted by Crippen LogP contribution is -2.27. The summed E-state index contributed by atoms with van der Waals surface area (Å²) in [5.41, 5.74) is 0.648. The Morgan fingerprint density at radius 3 is 2.92 bits per heavy atom. The molecule has 1 aliphatic carbocycles. The number of fused-ring (bicyclic) bond motifs is 1. The SMILES string of the molecule is CCOC(=O)C1=C(NC(=O)CSc2nnnn2C)SC2CCCCC12. The first-order valence-corrected chi connectivity index (χ1v) is 10.2. The second kappa shape index (κ2) is 8.22. The topological polar surface area (TPSA) is 99.0 Å². The van der Waals surface area contributed by atoms with Gasteiger partial charge in [0, 0.05) is 18.2 Å². The molecule has 10 heteroatoms. The van der Waals surface area contributed by atoms with Crippen LogP contribution in [0.3, 0.4) is 0 Å². The molecule has 1 fully saturated rings. The lowest BCUT2D eigenvalue weighted by molar-refractivity contribution is -0.139. The maximum atomic E-state index is 12.4. The van der Waals surface area contributed by atoms with E-state index in [2.05, 4.69) is 20.8 Å². The van der Waals surface area contributed by atoms with E-state index in [1.165, 1.54) is 22.9 Å². The van der Waals surface area contributed by atoms with E-state index >= 15 is 0 Å². The number of thioether (sulfide) groups is 2. The van der Waals surface area contributed by atoms with Crippen LogP contribution in [0, 0.1) is 5.92 Å². The number of esters is 1. The second-order valence-electron chi connectivity index (χ2n) is 5.93. The van der Waals surface area contributed by atoms with Crippen LogP contribution in [0.5, 0.6) is 0 Å². The van der Waals surface area contributed by atoms with Gasteiger partial charge in [0.1, 0.15) is 0 Å². The van der Waals surface area contributed by atoms with E-state index in [1.54, 1.807) is 25.7 Å². The molecule has 1 N–H and O–H groups in total. The molecule has 136 valence electrons. The lowest BCUT2D eigenvalue weighted by Gasteiger charge is -2.25. The first kappa shape index (κ1) is 18.2. The summed E-state index contributed by atoms with van der Waals surface area (Å²) >= 11 is 2.86. The number of nitrogens with one attached hydrogen (secondary N) is 1. The van der Waals surface area contributed by atoms with Gasteiger partial charge >= 0.3 is 5.97 Å². The molecule has 1 aromatic heterocycles. The molecule has 25 heavy (non-hydrogen) atoms. The van der Waals surface area contributed by atoms with Crippen LogP contribution < -0.4 is 5.32 Å². The van der Waals surface area contributed by atoms with Gasteiger partial charge in [-0.2, -0.15) is 0 Å². The summed E-state index contributed by atoms with van der Waals surface area (Å²) in [6.45, 7) is 2.13. The lowest BCUT2D eigenvalue weighted by atomic mass is 9.84. The summed E-state index contributed by atoms with van der Waals surface area (Å²) in [5.74, 6) is -0.103. The van der Waals surface area contributed by atoms with E-state index in [1.807, 2.05) is 0 Å². The van der Waals surface area contributed by atoms with Gasteiger partial charge in [-0.05, 0) is 30.2 Å². The molecule has 1 aliphatic heterocycles. The van der Waals surface area contributed by atoms with E-state index in [0.717, 1.165) is 19.3 Å². The van der Waals surface area contributed by atoms with Gasteiger partial charge in [0.2, 0.25) is 11.1 Å². The van der Waals surface area contributed by atoms with Crippen molar-refractivity contribution in [2.24, 2.45) is 13.0 Å². The van der Waals surface area contributed by atoms with Crippen LogP contribution in [-0.4, -0.2) is 49.7 Å². The van der Waals surface area contributed by atoms with Crippen LogP contribution >= 0.6 is 23.5 Å². The molecule has 1 amide bonds. The van der Waals surface area contributed by atoms with Crippen molar-refractivity contribution in [1.29, 1.82) is 0 Å². The number of carbonyl (C=O) groups is 2. The first-order valence-electron chi connectivity index (χ1n) is 8.33. The van der Waals surface area contributed by atoms with Gasteiger partial charge in [0.15, 0.2) is 0 Å². The van der Waals surface area contributed by atoms with Gasteiger partial charge in [-0.1, -0.05) is 24.6 Å².